The number of aryl methyl sites for hydroxylation is 2. The first-order valence-electron chi connectivity index (χ1n) is 7.41. The first-order chi connectivity index (χ1) is 11.0. The molecule has 7 heteroatoms. The Hall–Kier alpha value is -2.70. The molecule has 2 heterocycles. The Morgan fingerprint density at radius 1 is 1.17 bits per heavy atom. The number of hydrogen-bond acceptors (Lipinski definition) is 6. The Balaban J connectivity index is 1.61. The van der Waals surface area contributed by atoms with Gasteiger partial charge in [-0.05, 0) is 48.3 Å². The minimum Gasteiger partial charge on any atom is -0.361 e. The molecule has 0 aliphatic heterocycles. The molecule has 3 rings (SSSR count). The molecule has 0 N–H and O–H groups in total. The minimum absolute atomic E-state index is 0.0726. The number of carbonyl (C=O) groups excluding carboxylic acids is 1. The average molecular weight is 314 g/mol. The van der Waals surface area contributed by atoms with Crippen molar-refractivity contribution in [3.63, 3.8) is 0 Å². The molecule has 1 aromatic carbocycles. The highest BCUT2D eigenvalue weighted by Crippen LogP contribution is 2.16. The zero-order chi connectivity index (χ0) is 16.4. The Morgan fingerprint density at radius 2 is 1.96 bits per heavy atom. The van der Waals surface area contributed by atoms with Crippen LogP contribution in [0, 0.1) is 13.8 Å². The molecular formula is C16H18N4O3. The van der Waals surface area contributed by atoms with Gasteiger partial charge in [0, 0.05) is 25.6 Å². The smallest absolute Gasteiger partial charge is 0.222 e. The van der Waals surface area contributed by atoms with Crippen molar-refractivity contribution in [3.05, 3.63) is 40.8 Å². The third kappa shape index (κ3) is 3.23. The third-order valence-electron chi connectivity index (χ3n) is 3.93. The summed E-state index contributed by atoms with van der Waals surface area (Å²) in [6.45, 7) is 4.27. The zero-order valence-electron chi connectivity index (χ0n) is 13.4. The second-order valence-electron chi connectivity index (χ2n) is 5.64. The number of rotatable bonds is 5. The minimum atomic E-state index is 0.0726. The zero-order valence-corrected chi connectivity index (χ0v) is 13.4. The second kappa shape index (κ2) is 6.20. The van der Waals surface area contributed by atoms with Gasteiger partial charge in [0.1, 0.15) is 16.8 Å². The van der Waals surface area contributed by atoms with Crippen LogP contribution in [0.15, 0.2) is 27.4 Å². The van der Waals surface area contributed by atoms with E-state index in [0.717, 1.165) is 22.6 Å². The van der Waals surface area contributed by atoms with Gasteiger partial charge in [-0.1, -0.05) is 11.2 Å². The highest BCUT2D eigenvalue weighted by molar-refractivity contribution is 5.77. The van der Waals surface area contributed by atoms with Crippen molar-refractivity contribution in [2.75, 3.05) is 7.05 Å². The number of nitrogens with zero attached hydrogens (tertiary/aromatic N) is 4. The first kappa shape index (κ1) is 15.2. The van der Waals surface area contributed by atoms with Gasteiger partial charge in [0.25, 0.3) is 0 Å². The number of hydrogen-bond donors (Lipinski definition) is 0. The lowest BCUT2D eigenvalue weighted by Crippen LogP contribution is -2.26. The summed E-state index contributed by atoms with van der Waals surface area (Å²) in [6, 6.07) is 5.64. The normalized spacial score (nSPS) is 11.1. The summed E-state index contributed by atoms with van der Waals surface area (Å²) in [7, 11) is 1.79. The monoisotopic (exact) mass is 314 g/mol. The van der Waals surface area contributed by atoms with Crippen LogP contribution in [-0.2, 0) is 17.8 Å². The highest BCUT2D eigenvalue weighted by Gasteiger charge is 2.14. The average Bonchev–Trinajstić information content (AvgIpc) is 3.11. The van der Waals surface area contributed by atoms with Crippen molar-refractivity contribution in [2.45, 2.75) is 33.2 Å². The molecule has 0 aliphatic carbocycles. The van der Waals surface area contributed by atoms with E-state index in [4.69, 9.17) is 4.52 Å². The maximum absolute atomic E-state index is 12.3. The maximum atomic E-state index is 12.3. The van der Waals surface area contributed by atoms with Gasteiger partial charge in [-0.15, -0.1) is 0 Å². The molecule has 0 radical (unpaired) electrons. The van der Waals surface area contributed by atoms with Crippen LogP contribution in [0.4, 0.5) is 0 Å². The Kier molecular flexibility index (Phi) is 4.10. The van der Waals surface area contributed by atoms with Crippen molar-refractivity contribution in [1.82, 2.24) is 20.4 Å². The molecule has 1 amide bonds. The van der Waals surface area contributed by atoms with Crippen LogP contribution in [0.5, 0.6) is 0 Å². The van der Waals surface area contributed by atoms with E-state index in [1.165, 1.54) is 0 Å². The molecule has 0 fully saturated rings. The fourth-order valence-corrected chi connectivity index (χ4v) is 2.57. The molecule has 0 bridgehead atoms. The van der Waals surface area contributed by atoms with Crippen LogP contribution in [0.1, 0.15) is 29.0 Å². The number of benzene rings is 1. The van der Waals surface area contributed by atoms with Crippen LogP contribution in [0.2, 0.25) is 0 Å². The molecule has 3 aromatic rings. The maximum Gasteiger partial charge on any atom is 0.222 e. The lowest BCUT2D eigenvalue weighted by Gasteiger charge is -2.17. The molecule has 7 nitrogen and oxygen atoms in total. The van der Waals surface area contributed by atoms with E-state index >= 15 is 0 Å². The van der Waals surface area contributed by atoms with Crippen LogP contribution < -0.4 is 0 Å². The van der Waals surface area contributed by atoms with Gasteiger partial charge in [0.05, 0.1) is 5.69 Å². The van der Waals surface area contributed by atoms with Crippen molar-refractivity contribution < 1.29 is 13.9 Å². The van der Waals surface area contributed by atoms with Gasteiger partial charge in [-0.25, -0.2) is 4.63 Å². The van der Waals surface area contributed by atoms with Crippen molar-refractivity contribution in [3.8, 4) is 0 Å². The highest BCUT2D eigenvalue weighted by atomic mass is 16.6. The van der Waals surface area contributed by atoms with Crippen molar-refractivity contribution in [1.29, 1.82) is 0 Å². The lowest BCUT2D eigenvalue weighted by molar-refractivity contribution is -0.130. The summed E-state index contributed by atoms with van der Waals surface area (Å²) in [5.74, 6) is 0.852. The van der Waals surface area contributed by atoms with E-state index in [0.29, 0.717) is 30.4 Å². The Labute approximate surface area is 133 Å². The van der Waals surface area contributed by atoms with E-state index in [-0.39, 0.29) is 5.91 Å². The van der Waals surface area contributed by atoms with E-state index in [1.807, 2.05) is 32.0 Å². The largest absolute Gasteiger partial charge is 0.361 e. The van der Waals surface area contributed by atoms with Crippen molar-refractivity contribution >= 4 is 16.9 Å². The molecule has 0 saturated carbocycles. The molecule has 0 aliphatic rings. The van der Waals surface area contributed by atoms with Crippen LogP contribution >= 0.6 is 0 Å². The fraction of sp³-hybridized carbons (Fsp3) is 0.375. The molecule has 0 unspecified atom stereocenters. The molecule has 0 atom stereocenters. The quantitative estimate of drug-likeness (QED) is 0.719. The summed E-state index contributed by atoms with van der Waals surface area (Å²) >= 11 is 0. The Bertz CT molecular complexity index is 817. The van der Waals surface area contributed by atoms with Gasteiger partial charge >= 0.3 is 0 Å². The van der Waals surface area contributed by atoms with E-state index in [2.05, 4.69) is 20.1 Å². The number of fused-ring (bicyclic) bond motifs is 1. The number of amides is 1. The predicted octanol–water partition coefficient (Wildman–Crippen LogP) is 2.42. The summed E-state index contributed by atoms with van der Waals surface area (Å²) in [5, 5.41) is 11.5. The molecular weight excluding hydrogens is 296 g/mol. The standard InChI is InChI=1S/C16H18N4O3/c1-10-13(11(2)22-17-10)5-7-16(21)20(3)9-12-4-6-14-15(8-12)19-23-18-14/h4,6,8H,5,7,9H2,1-3H3. The summed E-state index contributed by atoms with van der Waals surface area (Å²) in [6.07, 6.45) is 1.06. The Morgan fingerprint density at radius 3 is 2.70 bits per heavy atom. The van der Waals surface area contributed by atoms with E-state index in [1.54, 1.807) is 11.9 Å². The van der Waals surface area contributed by atoms with Gasteiger partial charge in [0.15, 0.2) is 0 Å². The van der Waals surface area contributed by atoms with Crippen LogP contribution in [-0.4, -0.2) is 33.3 Å². The lowest BCUT2D eigenvalue weighted by atomic mass is 10.1. The molecule has 120 valence electrons. The topological polar surface area (TPSA) is 85.3 Å². The first-order valence-corrected chi connectivity index (χ1v) is 7.41. The number of carbonyl (C=O) groups is 1. The fourth-order valence-electron chi connectivity index (χ4n) is 2.57. The van der Waals surface area contributed by atoms with Crippen LogP contribution in [0.25, 0.3) is 11.0 Å². The van der Waals surface area contributed by atoms with Gasteiger partial charge in [-0.3, -0.25) is 4.79 Å². The summed E-state index contributed by atoms with van der Waals surface area (Å²) < 4.78 is 9.80. The summed E-state index contributed by atoms with van der Waals surface area (Å²) in [5.41, 5.74) is 4.25. The van der Waals surface area contributed by atoms with Gasteiger partial charge in [-0.2, -0.15) is 0 Å². The molecule has 2 aromatic heterocycles. The SMILES string of the molecule is Cc1noc(C)c1CCC(=O)N(C)Cc1ccc2nonc2c1. The number of aromatic nitrogens is 3. The second-order valence-corrected chi connectivity index (χ2v) is 5.64. The van der Waals surface area contributed by atoms with E-state index < -0.39 is 0 Å². The summed E-state index contributed by atoms with van der Waals surface area (Å²) in [4.78, 5) is 14.0. The van der Waals surface area contributed by atoms with Crippen molar-refractivity contribution in [2.24, 2.45) is 0 Å². The van der Waals surface area contributed by atoms with Gasteiger partial charge < -0.3 is 9.42 Å². The molecule has 23 heavy (non-hydrogen) atoms. The van der Waals surface area contributed by atoms with Gasteiger partial charge in [0.2, 0.25) is 5.91 Å². The molecule has 0 saturated heterocycles. The predicted molar refractivity (Wildman–Crippen MR) is 82.6 cm³/mol. The van der Waals surface area contributed by atoms with E-state index in [9.17, 15) is 4.79 Å². The third-order valence-corrected chi connectivity index (χ3v) is 3.93. The van der Waals surface area contributed by atoms with Crippen LogP contribution in [0.3, 0.4) is 0 Å². The molecule has 0 spiro atoms.